The van der Waals surface area contributed by atoms with Crippen molar-refractivity contribution in [3.8, 4) is 0 Å². The summed E-state index contributed by atoms with van der Waals surface area (Å²) in [5.74, 6) is 0.346. The van der Waals surface area contributed by atoms with Crippen LogP contribution in [0.4, 0.5) is 0 Å². The molecule has 5 aliphatic heterocycles. The van der Waals surface area contributed by atoms with Gasteiger partial charge in [0.25, 0.3) is 0 Å². The van der Waals surface area contributed by atoms with Crippen LogP contribution >= 0.6 is 0 Å². The number of nitrogens with one attached hydrogen (secondary N) is 2. The van der Waals surface area contributed by atoms with Crippen LogP contribution < -0.4 is 10.6 Å². The molecule has 0 bridgehead atoms. The van der Waals surface area contributed by atoms with Crippen molar-refractivity contribution in [3.63, 3.8) is 0 Å². The van der Waals surface area contributed by atoms with E-state index >= 15 is 0 Å². The average molecular weight is 507 g/mol. The number of hydrogen-bond acceptors (Lipinski definition) is 8. The topological polar surface area (TPSA) is 101 Å². The number of piperazine rings is 1. The fourth-order valence-corrected chi connectivity index (χ4v) is 7.04. The summed E-state index contributed by atoms with van der Waals surface area (Å²) in [4.78, 5) is 35.3. The largest absolute Gasteiger partial charge is 0.394 e. The van der Waals surface area contributed by atoms with E-state index < -0.39 is 0 Å². The number of piperidine rings is 1. The maximum atomic E-state index is 13.1. The van der Waals surface area contributed by atoms with Crippen molar-refractivity contribution in [3.05, 3.63) is 0 Å². The molecule has 0 saturated carbocycles. The minimum Gasteiger partial charge on any atom is -0.394 e. The Labute approximate surface area is 215 Å². The van der Waals surface area contributed by atoms with Crippen LogP contribution in [0.2, 0.25) is 0 Å². The van der Waals surface area contributed by atoms with Gasteiger partial charge in [0.2, 0.25) is 11.8 Å². The van der Waals surface area contributed by atoms with Crippen LogP contribution in [0.1, 0.15) is 51.4 Å². The van der Waals surface area contributed by atoms with E-state index in [1.165, 1.54) is 19.3 Å². The van der Waals surface area contributed by atoms with E-state index in [0.717, 1.165) is 71.5 Å². The Bertz CT molecular complexity index is 757. The lowest BCUT2D eigenvalue weighted by molar-refractivity contribution is -0.134. The summed E-state index contributed by atoms with van der Waals surface area (Å²) < 4.78 is 5.94. The van der Waals surface area contributed by atoms with Gasteiger partial charge in [0.1, 0.15) is 6.04 Å². The van der Waals surface area contributed by atoms with Crippen molar-refractivity contribution >= 4 is 11.8 Å². The molecule has 0 aromatic carbocycles. The lowest BCUT2D eigenvalue weighted by atomic mass is 10.0. The van der Waals surface area contributed by atoms with Crippen LogP contribution in [-0.2, 0) is 14.3 Å². The highest BCUT2D eigenvalue weighted by atomic mass is 16.5. The molecule has 36 heavy (non-hydrogen) atoms. The number of carbonyl (C=O) groups excluding carboxylic acids is 2. The highest BCUT2D eigenvalue weighted by Crippen LogP contribution is 2.30. The van der Waals surface area contributed by atoms with Crippen molar-refractivity contribution in [1.82, 2.24) is 30.2 Å². The zero-order valence-corrected chi connectivity index (χ0v) is 21.9. The van der Waals surface area contributed by atoms with Crippen molar-refractivity contribution in [2.75, 3.05) is 66.0 Å². The molecule has 0 aromatic heterocycles. The first-order valence-corrected chi connectivity index (χ1v) is 14.3. The molecule has 204 valence electrons. The highest BCUT2D eigenvalue weighted by Gasteiger charge is 2.46. The highest BCUT2D eigenvalue weighted by molar-refractivity contribution is 5.83. The molecular weight excluding hydrogens is 460 g/mol. The van der Waals surface area contributed by atoms with E-state index in [0.29, 0.717) is 19.1 Å². The molecular formula is C26H46N6O4. The predicted octanol–water partition coefficient (Wildman–Crippen LogP) is -0.577. The zero-order valence-electron chi connectivity index (χ0n) is 21.9. The maximum Gasteiger partial charge on any atom is 0.239 e. The minimum atomic E-state index is -0.172. The number of likely N-dealkylation sites (N-methyl/N-ethyl adjacent to an activating group) is 1. The van der Waals surface area contributed by atoms with Gasteiger partial charge in [-0.2, -0.15) is 0 Å². The van der Waals surface area contributed by atoms with Gasteiger partial charge in [-0.1, -0.05) is 0 Å². The van der Waals surface area contributed by atoms with Gasteiger partial charge in [-0.25, -0.2) is 0 Å². The van der Waals surface area contributed by atoms with Gasteiger partial charge < -0.3 is 25.4 Å². The lowest BCUT2D eigenvalue weighted by Gasteiger charge is -2.41. The summed E-state index contributed by atoms with van der Waals surface area (Å²) in [6, 6.07) is 0.158. The smallest absolute Gasteiger partial charge is 0.239 e. The monoisotopic (exact) mass is 506 g/mol. The third kappa shape index (κ3) is 5.89. The molecule has 0 aliphatic carbocycles. The molecule has 5 saturated heterocycles. The van der Waals surface area contributed by atoms with Crippen LogP contribution in [0.15, 0.2) is 0 Å². The van der Waals surface area contributed by atoms with Crippen molar-refractivity contribution < 1.29 is 19.4 Å². The molecule has 10 nitrogen and oxygen atoms in total. The standard InChI is InChI=1S/C26H46N6O4/c1-29-19(5-8-24(34)31-14-12-30(13-15-31)23-4-2-3-10-27-23)16-28-26(35)25-22(29)9-11-32(25)17-20-6-7-21(18-33)36-20/h19-23,25,27,33H,2-18H2,1H3,(H,28,35). The number of likely N-dealkylation sites (tertiary alicyclic amines) is 1. The van der Waals surface area contributed by atoms with Crippen LogP contribution in [0.5, 0.6) is 0 Å². The second-order valence-corrected chi connectivity index (χ2v) is 11.4. The molecule has 0 aromatic rings. The van der Waals surface area contributed by atoms with Gasteiger partial charge in [0.15, 0.2) is 0 Å². The fourth-order valence-electron chi connectivity index (χ4n) is 7.04. The Hall–Kier alpha value is -1.30. The summed E-state index contributed by atoms with van der Waals surface area (Å²) in [5, 5.41) is 16.2. The minimum absolute atomic E-state index is 0.0622. The Morgan fingerprint density at radius 1 is 1.06 bits per heavy atom. The van der Waals surface area contributed by atoms with Gasteiger partial charge in [0, 0.05) is 64.3 Å². The fraction of sp³-hybridized carbons (Fsp3) is 0.923. The van der Waals surface area contributed by atoms with E-state index in [-0.39, 0.29) is 48.8 Å². The summed E-state index contributed by atoms with van der Waals surface area (Å²) in [6.45, 7) is 6.91. The number of carbonyl (C=O) groups is 2. The van der Waals surface area contributed by atoms with Crippen molar-refractivity contribution in [2.24, 2.45) is 0 Å². The van der Waals surface area contributed by atoms with E-state index in [9.17, 15) is 14.7 Å². The molecule has 2 amide bonds. The van der Waals surface area contributed by atoms with Gasteiger partial charge in [-0.3, -0.25) is 24.3 Å². The van der Waals surface area contributed by atoms with Crippen LogP contribution in [0, 0.1) is 0 Å². The first kappa shape index (κ1) is 26.3. The number of hydrogen-bond donors (Lipinski definition) is 3. The van der Waals surface area contributed by atoms with Crippen molar-refractivity contribution in [2.45, 2.75) is 87.9 Å². The molecule has 0 spiro atoms. The van der Waals surface area contributed by atoms with Crippen LogP contribution in [0.25, 0.3) is 0 Å². The summed E-state index contributed by atoms with van der Waals surface area (Å²) in [5.41, 5.74) is 0. The van der Waals surface area contributed by atoms with Crippen LogP contribution in [0.3, 0.4) is 0 Å². The third-order valence-electron chi connectivity index (χ3n) is 9.27. The Morgan fingerprint density at radius 3 is 2.58 bits per heavy atom. The molecule has 3 N–H and O–H groups in total. The number of ether oxygens (including phenoxy) is 1. The molecule has 5 heterocycles. The molecule has 5 aliphatic rings. The number of aliphatic hydroxyl groups excluding tert-OH is 1. The normalized spacial score (nSPS) is 37.1. The lowest BCUT2D eigenvalue weighted by Crippen LogP contribution is -2.56. The summed E-state index contributed by atoms with van der Waals surface area (Å²) in [6.07, 6.45) is 8.36. The molecule has 5 rings (SSSR count). The Balaban J connectivity index is 1.09. The quantitative estimate of drug-likeness (QED) is 0.422. The van der Waals surface area contributed by atoms with Crippen LogP contribution in [-0.4, -0.2) is 139 Å². The van der Waals surface area contributed by atoms with Gasteiger partial charge in [0.05, 0.1) is 25.0 Å². The second-order valence-electron chi connectivity index (χ2n) is 11.4. The van der Waals surface area contributed by atoms with Gasteiger partial charge in [-0.05, 0) is 58.5 Å². The number of aliphatic hydroxyl groups is 1. The molecule has 5 fully saturated rings. The number of amides is 2. The number of nitrogens with zero attached hydrogens (tertiary/aromatic N) is 4. The number of fused-ring (bicyclic) bond motifs is 1. The van der Waals surface area contributed by atoms with E-state index in [4.69, 9.17) is 4.74 Å². The zero-order chi connectivity index (χ0) is 25.1. The summed E-state index contributed by atoms with van der Waals surface area (Å²) >= 11 is 0. The molecule has 10 heteroatoms. The second kappa shape index (κ2) is 12.0. The van der Waals surface area contributed by atoms with Gasteiger partial charge >= 0.3 is 0 Å². The predicted molar refractivity (Wildman–Crippen MR) is 136 cm³/mol. The van der Waals surface area contributed by atoms with E-state index in [2.05, 4.69) is 32.4 Å². The number of rotatable bonds is 7. The molecule has 6 atom stereocenters. The van der Waals surface area contributed by atoms with Gasteiger partial charge in [-0.15, -0.1) is 0 Å². The van der Waals surface area contributed by atoms with E-state index in [1.807, 2.05) is 4.90 Å². The average Bonchev–Trinajstić information content (AvgIpc) is 3.53. The first-order valence-electron chi connectivity index (χ1n) is 14.3. The molecule has 0 radical (unpaired) electrons. The Kier molecular flexibility index (Phi) is 8.80. The Morgan fingerprint density at radius 2 is 1.86 bits per heavy atom. The maximum absolute atomic E-state index is 13.1. The first-order chi connectivity index (χ1) is 17.5. The van der Waals surface area contributed by atoms with Crippen molar-refractivity contribution in [1.29, 1.82) is 0 Å². The molecule has 6 unspecified atom stereocenters. The van der Waals surface area contributed by atoms with E-state index in [1.54, 1.807) is 0 Å². The summed E-state index contributed by atoms with van der Waals surface area (Å²) in [7, 11) is 2.13. The third-order valence-corrected chi connectivity index (χ3v) is 9.27. The SMILES string of the molecule is CN1C(CCC(=O)N2CCN(C3CCCCN3)CC2)CNC(=O)C2C1CCN2CC1CCC(CO)O1.